The fourth-order valence-electron chi connectivity index (χ4n) is 2.96. The number of urea groups is 1. The zero-order chi connectivity index (χ0) is 17.5. The number of nitrogens with one attached hydrogen (secondary N) is 2. The van der Waals surface area contributed by atoms with Crippen molar-refractivity contribution >= 4 is 17.6 Å². The minimum atomic E-state index is -0.204. The molecule has 1 fully saturated rings. The van der Waals surface area contributed by atoms with Crippen LogP contribution in [0, 0.1) is 6.92 Å². The van der Waals surface area contributed by atoms with Crippen LogP contribution < -0.4 is 10.6 Å². The molecule has 0 unspecified atom stereocenters. The van der Waals surface area contributed by atoms with Crippen molar-refractivity contribution in [2.75, 3.05) is 39.0 Å². The van der Waals surface area contributed by atoms with Crippen molar-refractivity contribution in [3.8, 4) is 0 Å². The highest BCUT2D eigenvalue weighted by atomic mass is 16.2. The van der Waals surface area contributed by atoms with Gasteiger partial charge in [0.1, 0.15) is 0 Å². The summed E-state index contributed by atoms with van der Waals surface area (Å²) in [5.41, 5.74) is 1.89. The van der Waals surface area contributed by atoms with Gasteiger partial charge in [-0.1, -0.05) is 12.1 Å². The molecule has 1 aliphatic heterocycles. The topological polar surface area (TPSA) is 64.7 Å². The lowest BCUT2D eigenvalue weighted by atomic mass is 10.1. The number of likely N-dealkylation sites (tertiary alicyclic amines) is 1. The van der Waals surface area contributed by atoms with Crippen LogP contribution in [0.25, 0.3) is 0 Å². The number of hydrogen-bond acceptors (Lipinski definition) is 3. The highest BCUT2D eigenvalue weighted by Crippen LogP contribution is 2.20. The van der Waals surface area contributed by atoms with E-state index in [4.69, 9.17) is 0 Å². The van der Waals surface area contributed by atoms with E-state index < -0.39 is 0 Å². The summed E-state index contributed by atoms with van der Waals surface area (Å²) in [4.78, 5) is 28.0. The summed E-state index contributed by atoms with van der Waals surface area (Å²) < 4.78 is 0. The summed E-state index contributed by atoms with van der Waals surface area (Å²) in [7, 11) is 4.01. The molecule has 1 aromatic carbocycles. The summed E-state index contributed by atoms with van der Waals surface area (Å²) in [6.07, 6.45) is 2.29. The molecule has 24 heavy (non-hydrogen) atoms. The van der Waals surface area contributed by atoms with Gasteiger partial charge in [0.05, 0.1) is 0 Å². The second-order valence-electron chi connectivity index (χ2n) is 6.62. The first-order valence-corrected chi connectivity index (χ1v) is 8.51. The van der Waals surface area contributed by atoms with Crippen molar-refractivity contribution in [3.05, 3.63) is 29.8 Å². The number of hydrogen-bond donors (Lipinski definition) is 2. The molecule has 1 aromatic rings. The molecule has 0 aromatic heterocycles. The van der Waals surface area contributed by atoms with Gasteiger partial charge >= 0.3 is 6.03 Å². The van der Waals surface area contributed by atoms with Crippen LogP contribution in [0.15, 0.2) is 24.3 Å². The van der Waals surface area contributed by atoms with E-state index in [1.54, 1.807) is 0 Å². The lowest BCUT2D eigenvalue weighted by Crippen LogP contribution is -2.40. The maximum absolute atomic E-state index is 12.0. The third kappa shape index (κ3) is 5.53. The van der Waals surface area contributed by atoms with Gasteiger partial charge < -0.3 is 20.4 Å². The van der Waals surface area contributed by atoms with E-state index in [1.807, 2.05) is 50.2 Å². The van der Waals surface area contributed by atoms with E-state index in [1.165, 1.54) is 0 Å². The first-order chi connectivity index (χ1) is 11.5. The van der Waals surface area contributed by atoms with Crippen LogP contribution in [0.4, 0.5) is 10.5 Å². The highest BCUT2D eigenvalue weighted by Gasteiger charge is 2.30. The average molecular weight is 332 g/mol. The van der Waals surface area contributed by atoms with Gasteiger partial charge in [-0.25, -0.2) is 4.79 Å². The van der Waals surface area contributed by atoms with Gasteiger partial charge in [0.15, 0.2) is 0 Å². The Morgan fingerprint density at radius 2 is 2.17 bits per heavy atom. The number of likely N-dealkylation sites (N-methyl/N-ethyl adjacent to an activating group) is 1. The van der Waals surface area contributed by atoms with E-state index in [-0.39, 0.29) is 18.0 Å². The molecule has 1 saturated heterocycles. The lowest BCUT2D eigenvalue weighted by Gasteiger charge is -2.26. The van der Waals surface area contributed by atoms with Gasteiger partial charge in [-0.05, 0) is 51.6 Å². The standard InChI is InChI=1S/C18H28N4O2/c1-14-5-4-6-15(13-14)20-18(24)19-10-9-16-7-8-17(23)22(16)12-11-21(2)3/h4-6,13,16H,7-12H2,1-3H3,(H2,19,20,24)/t16-/m1/s1. The minimum Gasteiger partial charge on any atom is -0.338 e. The Bertz CT molecular complexity index is 574. The Kier molecular flexibility index (Phi) is 6.61. The molecule has 1 atom stereocenters. The molecule has 0 saturated carbocycles. The predicted octanol–water partition coefficient (Wildman–Crippen LogP) is 2.06. The van der Waals surface area contributed by atoms with Crippen molar-refractivity contribution in [2.45, 2.75) is 32.2 Å². The van der Waals surface area contributed by atoms with E-state index in [0.717, 1.165) is 37.2 Å². The molecule has 0 aliphatic carbocycles. The van der Waals surface area contributed by atoms with Gasteiger partial charge in [-0.15, -0.1) is 0 Å². The molecule has 1 heterocycles. The van der Waals surface area contributed by atoms with Gasteiger partial charge in [0, 0.05) is 37.8 Å². The molecule has 0 radical (unpaired) electrons. The van der Waals surface area contributed by atoms with Gasteiger partial charge in [0.2, 0.25) is 5.91 Å². The van der Waals surface area contributed by atoms with Crippen LogP contribution in [-0.2, 0) is 4.79 Å². The number of nitrogens with zero attached hydrogens (tertiary/aromatic N) is 2. The Hall–Kier alpha value is -2.08. The molecule has 6 heteroatoms. The van der Waals surface area contributed by atoms with E-state index in [0.29, 0.717) is 13.0 Å². The molecule has 2 rings (SSSR count). The zero-order valence-electron chi connectivity index (χ0n) is 14.8. The third-order valence-corrected chi connectivity index (χ3v) is 4.28. The molecular weight excluding hydrogens is 304 g/mol. The number of carbonyl (C=O) groups excluding carboxylic acids is 2. The number of carbonyl (C=O) groups is 2. The van der Waals surface area contributed by atoms with Crippen molar-refractivity contribution < 1.29 is 9.59 Å². The number of anilines is 1. The third-order valence-electron chi connectivity index (χ3n) is 4.28. The molecule has 0 spiro atoms. The largest absolute Gasteiger partial charge is 0.338 e. The normalized spacial score (nSPS) is 17.4. The first-order valence-electron chi connectivity index (χ1n) is 8.51. The Morgan fingerprint density at radius 3 is 2.88 bits per heavy atom. The van der Waals surface area contributed by atoms with Gasteiger partial charge in [0.25, 0.3) is 0 Å². The number of amides is 3. The first kappa shape index (κ1) is 18.3. The fraction of sp³-hybridized carbons (Fsp3) is 0.556. The summed E-state index contributed by atoms with van der Waals surface area (Å²) in [6, 6.07) is 7.73. The maximum Gasteiger partial charge on any atom is 0.319 e. The SMILES string of the molecule is Cc1cccc(NC(=O)NCC[C@H]2CCC(=O)N2CCN(C)C)c1. The van der Waals surface area contributed by atoms with Crippen LogP contribution in [0.2, 0.25) is 0 Å². The number of aryl methyl sites for hydroxylation is 1. The average Bonchev–Trinajstić information content (AvgIpc) is 2.85. The number of rotatable bonds is 7. The van der Waals surface area contributed by atoms with Gasteiger partial charge in [-0.2, -0.15) is 0 Å². The smallest absolute Gasteiger partial charge is 0.319 e. The highest BCUT2D eigenvalue weighted by molar-refractivity contribution is 5.89. The second-order valence-corrected chi connectivity index (χ2v) is 6.62. The monoisotopic (exact) mass is 332 g/mol. The molecule has 1 aliphatic rings. The molecular formula is C18H28N4O2. The zero-order valence-corrected chi connectivity index (χ0v) is 14.8. The Labute approximate surface area is 144 Å². The fourth-order valence-corrected chi connectivity index (χ4v) is 2.96. The van der Waals surface area contributed by atoms with E-state index in [9.17, 15) is 9.59 Å². The van der Waals surface area contributed by atoms with E-state index >= 15 is 0 Å². The van der Waals surface area contributed by atoms with Crippen LogP contribution in [0.5, 0.6) is 0 Å². The van der Waals surface area contributed by atoms with Crippen LogP contribution in [0.1, 0.15) is 24.8 Å². The molecule has 3 amide bonds. The van der Waals surface area contributed by atoms with Crippen molar-refractivity contribution in [1.82, 2.24) is 15.1 Å². The summed E-state index contributed by atoms with van der Waals surface area (Å²) in [5.74, 6) is 0.228. The minimum absolute atomic E-state index is 0.204. The van der Waals surface area contributed by atoms with Crippen molar-refractivity contribution in [1.29, 1.82) is 0 Å². The van der Waals surface area contributed by atoms with E-state index in [2.05, 4.69) is 15.5 Å². The van der Waals surface area contributed by atoms with Gasteiger partial charge in [-0.3, -0.25) is 4.79 Å². The molecule has 0 bridgehead atoms. The number of benzene rings is 1. The maximum atomic E-state index is 12.0. The second kappa shape index (κ2) is 8.68. The van der Waals surface area contributed by atoms with Crippen LogP contribution in [0.3, 0.4) is 0 Å². The lowest BCUT2D eigenvalue weighted by molar-refractivity contribution is -0.129. The molecule has 132 valence electrons. The van der Waals surface area contributed by atoms with Crippen molar-refractivity contribution in [3.63, 3.8) is 0 Å². The quantitative estimate of drug-likeness (QED) is 0.803. The molecule has 6 nitrogen and oxygen atoms in total. The summed E-state index contributed by atoms with van der Waals surface area (Å²) in [6.45, 7) is 4.17. The van der Waals surface area contributed by atoms with Crippen molar-refractivity contribution in [2.24, 2.45) is 0 Å². The van der Waals surface area contributed by atoms with Crippen LogP contribution in [-0.4, -0.2) is 61.5 Å². The Balaban J connectivity index is 1.74. The Morgan fingerprint density at radius 1 is 1.38 bits per heavy atom. The predicted molar refractivity (Wildman–Crippen MR) is 96.1 cm³/mol. The summed E-state index contributed by atoms with van der Waals surface area (Å²) in [5, 5.41) is 5.71. The summed E-state index contributed by atoms with van der Waals surface area (Å²) >= 11 is 0. The van der Waals surface area contributed by atoms with Crippen LogP contribution >= 0.6 is 0 Å². The molecule has 2 N–H and O–H groups in total.